The third-order valence-electron chi connectivity index (χ3n) is 1.66. The van der Waals surface area contributed by atoms with Gasteiger partial charge >= 0.3 is 0 Å². The number of nitrogens with zero attached hydrogens (tertiary/aromatic N) is 2. The summed E-state index contributed by atoms with van der Waals surface area (Å²) in [6.45, 7) is 1.64. The molecule has 0 aromatic heterocycles. The Labute approximate surface area is 79.4 Å². The molecule has 3 nitrogen and oxygen atoms in total. The molecule has 0 saturated heterocycles. The lowest BCUT2D eigenvalue weighted by atomic mass is 10.3. The zero-order valence-electron chi connectivity index (χ0n) is 8.23. The van der Waals surface area contributed by atoms with Gasteiger partial charge in [-0.05, 0) is 26.6 Å². The molecule has 13 heavy (non-hydrogen) atoms. The number of aliphatic imine (C=N–C) groups is 1. The minimum absolute atomic E-state index is 0.713. The van der Waals surface area contributed by atoms with Gasteiger partial charge in [0.25, 0.3) is 0 Å². The first-order valence-corrected chi connectivity index (χ1v) is 4.45. The van der Waals surface area contributed by atoms with Crippen LogP contribution in [-0.2, 0) is 4.74 Å². The van der Waals surface area contributed by atoms with Crippen molar-refractivity contribution in [1.82, 2.24) is 4.90 Å². The van der Waals surface area contributed by atoms with Gasteiger partial charge in [-0.15, -0.1) is 0 Å². The van der Waals surface area contributed by atoms with Gasteiger partial charge in [0.1, 0.15) is 12.4 Å². The molecule has 1 rings (SSSR count). The molecule has 3 heteroatoms. The number of allylic oxidation sites excluding steroid dienone is 3. The van der Waals surface area contributed by atoms with Crippen molar-refractivity contribution in [2.24, 2.45) is 4.99 Å². The lowest BCUT2D eigenvalue weighted by Gasteiger charge is -2.10. The largest absolute Gasteiger partial charge is 0.491 e. The van der Waals surface area contributed by atoms with Crippen LogP contribution in [0.3, 0.4) is 0 Å². The SMILES string of the molecule is CN(C)CCOC1=CCC=CN=C1. The summed E-state index contributed by atoms with van der Waals surface area (Å²) in [5.74, 6) is 0.867. The maximum absolute atomic E-state index is 5.50. The fourth-order valence-corrected chi connectivity index (χ4v) is 0.917. The van der Waals surface area contributed by atoms with Gasteiger partial charge in [-0.3, -0.25) is 4.99 Å². The average molecular weight is 180 g/mol. The minimum atomic E-state index is 0.713. The summed E-state index contributed by atoms with van der Waals surface area (Å²) in [5.41, 5.74) is 0. The average Bonchev–Trinajstić information content (AvgIpc) is 2.32. The third kappa shape index (κ3) is 4.48. The zero-order valence-corrected chi connectivity index (χ0v) is 8.23. The van der Waals surface area contributed by atoms with Crippen LogP contribution in [-0.4, -0.2) is 38.4 Å². The topological polar surface area (TPSA) is 24.8 Å². The van der Waals surface area contributed by atoms with Gasteiger partial charge in [-0.2, -0.15) is 0 Å². The number of hydrogen-bond donors (Lipinski definition) is 0. The monoisotopic (exact) mass is 180 g/mol. The van der Waals surface area contributed by atoms with E-state index in [1.165, 1.54) is 0 Å². The van der Waals surface area contributed by atoms with Gasteiger partial charge in [0.15, 0.2) is 0 Å². The van der Waals surface area contributed by atoms with Crippen LogP contribution >= 0.6 is 0 Å². The molecule has 0 radical (unpaired) electrons. The molecule has 0 spiro atoms. The summed E-state index contributed by atoms with van der Waals surface area (Å²) in [7, 11) is 4.06. The van der Waals surface area contributed by atoms with Gasteiger partial charge in [0.2, 0.25) is 0 Å². The molecular weight excluding hydrogens is 164 g/mol. The highest BCUT2D eigenvalue weighted by atomic mass is 16.5. The molecular formula is C10H16N2O. The van der Waals surface area contributed by atoms with Crippen LogP contribution in [0.15, 0.2) is 29.1 Å². The quantitative estimate of drug-likeness (QED) is 0.654. The van der Waals surface area contributed by atoms with Crippen molar-refractivity contribution in [1.29, 1.82) is 0 Å². The summed E-state index contributed by atoms with van der Waals surface area (Å²) in [4.78, 5) is 6.13. The van der Waals surface area contributed by atoms with E-state index in [1.54, 1.807) is 12.4 Å². The molecule has 0 aliphatic carbocycles. The van der Waals surface area contributed by atoms with Crippen LogP contribution in [0.2, 0.25) is 0 Å². The molecule has 0 N–H and O–H groups in total. The predicted octanol–water partition coefficient (Wildman–Crippen LogP) is 1.44. The summed E-state index contributed by atoms with van der Waals surface area (Å²) < 4.78 is 5.50. The van der Waals surface area contributed by atoms with Gasteiger partial charge in [0.05, 0.1) is 6.21 Å². The van der Waals surface area contributed by atoms with Crippen molar-refractivity contribution in [2.75, 3.05) is 27.2 Å². The van der Waals surface area contributed by atoms with Crippen LogP contribution in [0.5, 0.6) is 0 Å². The number of hydrogen-bond acceptors (Lipinski definition) is 3. The Morgan fingerprint density at radius 1 is 1.54 bits per heavy atom. The van der Waals surface area contributed by atoms with Crippen LogP contribution < -0.4 is 0 Å². The molecule has 72 valence electrons. The molecule has 0 aromatic rings. The van der Waals surface area contributed by atoms with Gasteiger partial charge in [-0.1, -0.05) is 6.08 Å². The zero-order chi connectivity index (χ0) is 9.52. The van der Waals surface area contributed by atoms with Crippen molar-refractivity contribution in [3.8, 4) is 0 Å². The maximum Gasteiger partial charge on any atom is 0.133 e. The molecule has 1 aliphatic rings. The fourth-order valence-electron chi connectivity index (χ4n) is 0.917. The van der Waals surface area contributed by atoms with E-state index in [-0.39, 0.29) is 0 Å². The first-order chi connectivity index (χ1) is 6.29. The molecule has 0 amide bonds. The summed E-state index contributed by atoms with van der Waals surface area (Å²) in [6, 6.07) is 0. The molecule has 0 fully saturated rings. The smallest absolute Gasteiger partial charge is 0.133 e. The second-order valence-electron chi connectivity index (χ2n) is 3.16. The van der Waals surface area contributed by atoms with Gasteiger partial charge in [-0.25, -0.2) is 0 Å². The summed E-state index contributed by atoms with van der Waals surface area (Å²) in [5, 5.41) is 0. The molecule has 0 unspecified atom stereocenters. The van der Waals surface area contributed by atoms with E-state index in [2.05, 4.69) is 9.89 Å². The lowest BCUT2D eigenvalue weighted by molar-refractivity contribution is 0.199. The predicted molar refractivity (Wildman–Crippen MR) is 54.8 cm³/mol. The van der Waals surface area contributed by atoms with Gasteiger partial charge < -0.3 is 9.64 Å². The van der Waals surface area contributed by atoms with Crippen LogP contribution in [0.1, 0.15) is 6.42 Å². The Morgan fingerprint density at radius 2 is 2.38 bits per heavy atom. The minimum Gasteiger partial charge on any atom is -0.491 e. The molecule has 0 saturated carbocycles. The van der Waals surface area contributed by atoms with Crippen LogP contribution in [0.25, 0.3) is 0 Å². The fraction of sp³-hybridized carbons (Fsp3) is 0.500. The molecule has 1 heterocycles. The van der Waals surface area contributed by atoms with E-state index in [9.17, 15) is 0 Å². The van der Waals surface area contributed by atoms with Crippen molar-refractivity contribution < 1.29 is 4.74 Å². The molecule has 0 bridgehead atoms. The van der Waals surface area contributed by atoms with Crippen molar-refractivity contribution in [3.63, 3.8) is 0 Å². The highest BCUT2D eigenvalue weighted by molar-refractivity contribution is 5.76. The lowest BCUT2D eigenvalue weighted by Crippen LogP contribution is -2.18. The summed E-state index contributed by atoms with van der Waals surface area (Å²) in [6.07, 6.45) is 8.47. The maximum atomic E-state index is 5.50. The second-order valence-corrected chi connectivity index (χ2v) is 3.16. The highest BCUT2D eigenvalue weighted by Gasteiger charge is 1.96. The van der Waals surface area contributed by atoms with E-state index < -0.39 is 0 Å². The molecule has 0 atom stereocenters. The number of ether oxygens (including phenoxy) is 1. The van der Waals surface area contributed by atoms with E-state index in [4.69, 9.17) is 4.74 Å². The van der Waals surface area contributed by atoms with Crippen molar-refractivity contribution in [3.05, 3.63) is 24.1 Å². The highest BCUT2D eigenvalue weighted by Crippen LogP contribution is 2.01. The normalized spacial score (nSPS) is 15.8. The Balaban J connectivity index is 2.25. The third-order valence-corrected chi connectivity index (χ3v) is 1.66. The number of likely N-dealkylation sites (N-methyl/N-ethyl adjacent to an activating group) is 1. The molecule has 1 aliphatic heterocycles. The first-order valence-electron chi connectivity index (χ1n) is 4.45. The number of rotatable bonds is 4. The summed E-state index contributed by atoms with van der Waals surface area (Å²) >= 11 is 0. The Morgan fingerprint density at radius 3 is 3.15 bits per heavy atom. The van der Waals surface area contributed by atoms with E-state index >= 15 is 0 Å². The van der Waals surface area contributed by atoms with Gasteiger partial charge in [0, 0.05) is 12.7 Å². The van der Waals surface area contributed by atoms with Crippen molar-refractivity contribution >= 4 is 6.21 Å². The Bertz CT molecular complexity index is 229. The first kappa shape index (κ1) is 9.99. The van der Waals surface area contributed by atoms with E-state index in [0.717, 1.165) is 18.7 Å². The standard InChI is InChI=1S/C10H16N2O/c1-12(2)7-8-13-10-5-3-4-6-11-9-10/h4-6,9H,3,7-8H2,1-2H3. The van der Waals surface area contributed by atoms with E-state index in [0.29, 0.717) is 6.61 Å². The second kappa shape index (κ2) is 5.54. The van der Waals surface area contributed by atoms with E-state index in [1.807, 2.05) is 26.2 Å². The Kier molecular flexibility index (Phi) is 4.26. The van der Waals surface area contributed by atoms with Crippen LogP contribution in [0.4, 0.5) is 0 Å². The Hall–Kier alpha value is -1.09. The van der Waals surface area contributed by atoms with Crippen LogP contribution in [0, 0.1) is 0 Å². The van der Waals surface area contributed by atoms with Crippen molar-refractivity contribution in [2.45, 2.75) is 6.42 Å². The molecule has 0 aromatic carbocycles.